The van der Waals surface area contributed by atoms with E-state index >= 15 is 4.39 Å². The van der Waals surface area contributed by atoms with Crippen LogP contribution >= 0.6 is 0 Å². The van der Waals surface area contributed by atoms with Crippen molar-refractivity contribution < 1.29 is 23.0 Å². The molecule has 246 valence electrons. The van der Waals surface area contributed by atoms with Crippen molar-refractivity contribution in [1.82, 2.24) is 24.8 Å². The molecule has 0 saturated carbocycles. The van der Waals surface area contributed by atoms with Crippen LogP contribution < -0.4 is 9.64 Å². The van der Waals surface area contributed by atoms with Gasteiger partial charge in [-0.3, -0.25) is 14.8 Å². The molecule has 46 heavy (non-hydrogen) atoms. The summed E-state index contributed by atoms with van der Waals surface area (Å²) in [5.74, 6) is 0.194. The molecule has 2 bridgehead atoms. The molecule has 2 aromatic heterocycles. The smallest absolute Gasteiger partial charge is 0.410 e. The zero-order chi connectivity index (χ0) is 32.0. The third-order valence-electron chi connectivity index (χ3n) is 10.4. The predicted octanol–water partition coefficient (Wildman–Crippen LogP) is 6.50. The lowest BCUT2D eigenvalue weighted by molar-refractivity contribution is 0.0776. The molecule has 0 N–H and O–H groups in total. The largest absolute Gasteiger partial charge is 0.461 e. The highest BCUT2D eigenvalue weighted by molar-refractivity contribution is 5.92. The molecule has 3 aromatic rings. The van der Waals surface area contributed by atoms with E-state index in [9.17, 15) is 9.18 Å². The summed E-state index contributed by atoms with van der Waals surface area (Å²) < 4.78 is 43.0. The molecule has 1 aromatic carbocycles. The van der Waals surface area contributed by atoms with Gasteiger partial charge >= 0.3 is 12.1 Å². The minimum absolute atomic E-state index is 0.0387. The number of carbonyl (C=O) groups excluding carboxylic acids is 1. The molecule has 1 amide bonds. The van der Waals surface area contributed by atoms with Crippen LogP contribution in [0.3, 0.4) is 0 Å². The minimum atomic E-state index is -0.885. The number of benzene rings is 1. The van der Waals surface area contributed by atoms with Gasteiger partial charge in [0.25, 0.3) is 0 Å². The number of carbonyl (C=O) groups is 1. The van der Waals surface area contributed by atoms with Crippen molar-refractivity contribution >= 4 is 22.8 Å². The van der Waals surface area contributed by atoms with Crippen molar-refractivity contribution in [3.8, 4) is 17.3 Å². The Kier molecular flexibility index (Phi) is 8.46. The molecular weight excluding hydrogens is 590 g/mol. The van der Waals surface area contributed by atoms with E-state index in [1.165, 1.54) is 0 Å². The van der Waals surface area contributed by atoms with Crippen LogP contribution in [0.5, 0.6) is 6.01 Å². The number of hydrogen-bond acceptors (Lipinski definition) is 8. The summed E-state index contributed by atoms with van der Waals surface area (Å²) in [6.45, 7) is 9.22. The molecule has 7 rings (SSSR count). The summed E-state index contributed by atoms with van der Waals surface area (Å²) in [6, 6.07) is 7.74. The summed E-state index contributed by atoms with van der Waals surface area (Å²) in [5, 5.41) is 0.499. The zero-order valence-corrected chi connectivity index (χ0v) is 27.1. The Morgan fingerprint density at radius 1 is 1.13 bits per heavy atom. The fourth-order valence-electron chi connectivity index (χ4n) is 8.13. The van der Waals surface area contributed by atoms with Gasteiger partial charge in [-0.25, -0.2) is 13.6 Å². The zero-order valence-electron chi connectivity index (χ0n) is 27.1. The van der Waals surface area contributed by atoms with E-state index in [-0.39, 0.29) is 53.5 Å². The fraction of sp³-hybridized carbons (Fsp3) is 0.600. The van der Waals surface area contributed by atoms with Crippen molar-refractivity contribution in [1.29, 1.82) is 0 Å². The Morgan fingerprint density at radius 3 is 2.67 bits per heavy atom. The highest BCUT2D eigenvalue weighted by atomic mass is 19.1. The SMILES string of the molecule is CCCCOC(=O)N1[C@@H]2CC[C@H]1CN(c1nc(OCC34CCCN3CC(F)C4)nc3c(F)c(-c4ccccc4C(C)C)ncc13)C2. The lowest BCUT2D eigenvalue weighted by atomic mass is 9.94. The van der Waals surface area contributed by atoms with Gasteiger partial charge in [0, 0.05) is 37.8 Å². The maximum atomic E-state index is 16.7. The minimum Gasteiger partial charge on any atom is -0.461 e. The molecule has 4 atom stereocenters. The number of amides is 1. The molecule has 0 aliphatic carbocycles. The second-order valence-electron chi connectivity index (χ2n) is 13.8. The van der Waals surface area contributed by atoms with Crippen LogP contribution in [0.25, 0.3) is 22.2 Å². The number of fused-ring (bicyclic) bond motifs is 4. The number of piperazine rings is 1. The average molecular weight is 635 g/mol. The average Bonchev–Trinajstić information content (AvgIpc) is 3.66. The number of pyridine rings is 1. The number of anilines is 1. The van der Waals surface area contributed by atoms with Crippen LogP contribution in [-0.4, -0.2) is 94.0 Å². The fourth-order valence-corrected chi connectivity index (χ4v) is 8.13. The third-order valence-corrected chi connectivity index (χ3v) is 10.4. The van der Waals surface area contributed by atoms with Gasteiger partial charge in [0.15, 0.2) is 5.82 Å². The quantitative estimate of drug-likeness (QED) is 0.247. The van der Waals surface area contributed by atoms with Crippen molar-refractivity contribution in [3.05, 3.63) is 41.8 Å². The van der Waals surface area contributed by atoms with Crippen LogP contribution in [0.2, 0.25) is 0 Å². The van der Waals surface area contributed by atoms with Crippen molar-refractivity contribution in [2.75, 3.05) is 44.3 Å². The van der Waals surface area contributed by atoms with E-state index in [2.05, 4.69) is 40.5 Å². The first-order valence-electron chi connectivity index (χ1n) is 17.0. The van der Waals surface area contributed by atoms with Gasteiger partial charge < -0.3 is 14.4 Å². The van der Waals surface area contributed by atoms with Crippen molar-refractivity contribution in [3.63, 3.8) is 0 Å². The molecule has 4 aliphatic heterocycles. The van der Waals surface area contributed by atoms with Gasteiger partial charge in [0.1, 0.15) is 29.8 Å². The van der Waals surface area contributed by atoms with Crippen molar-refractivity contribution in [2.45, 2.75) is 95.4 Å². The van der Waals surface area contributed by atoms with Gasteiger partial charge in [-0.15, -0.1) is 0 Å². The normalized spacial score (nSPS) is 25.9. The molecule has 6 heterocycles. The molecule has 0 spiro atoms. The maximum absolute atomic E-state index is 16.7. The predicted molar refractivity (Wildman–Crippen MR) is 172 cm³/mol. The first kappa shape index (κ1) is 31.0. The van der Waals surface area contributed by atoms with E-state index in [4.69, 9.17) is 14.5 Å². The van der Waals surface area contributed by atoms with Gasteiger partial charge in [-0.05, 0) is 50.1 Å². The van der Waals surface area contributed by atoms with E-state index in [1.807, 2.05) is 29.2 Å². The monoisotopic (exact) mass is 634 g/mol. The molecule has 4 saturated heterocycles. The molecule has 4 fully saturated rings. The Balaban J connectivity index is 1.25. The number of alkyl halides is 1. The van der Waals surface area contributed by atoms with Gasteiger partial charge in [0.05, 0.1) is 29.6 Å². The van der Waals surface area contributed by atoms with Crippen LogP contribution in [0, 0.1) is 5.82 Å². The Labute approximate surface area is 269 Å². The molecule has 0 radical (unpaired) electrons. The van der Waals surface area contributed by atoms with E-state index in [0.717, 1.165) is 56.2 Å². The molecule has 2 unspecified atom stereocenters. The molecule has 4 aliphatic rings. The topological polar surface area (TPSA) is 83.9 Å². The maximum Gasteiger partial charge on any atom is 0.410 e. The number of rotatable bonds is 9. The summed E-state index contributed by atoms with van der Waals surface area (Å²) in [4.78, 5) is 33.4. The number of unbranched alkanes of at least 4 members (excludes halogenated alkanes) is 1. The van der Waals surface area contributed by atoms with Gasteiger partial charge in [0.2, 0.25) is 0 Å². The summed E-state index contributed by atoms with van der Waals surface area (Å²) >= 11 is 0. The lowest BCUT2D eigenvalue weighted by Crippen LogP contribution is -2.56. The number of halogens is 2. The number of hydrogen-bond donors (Lipinski definition) is 0. The number of aromatic nitrogens is 3. The second kappa shape index (κ2) is 12.5. The molecule has 11 heteroatoms. The first-order valence-corrected chi connectivity index (χ1v) is 17.0. The van der Waals surface area contributed by atoms with Crippen LogP contribution in [0.1, 0.15) is 77.2 Å². The van der Waals surface area contributed by atoms with E-state index in [0.29, 0.717) is 43.9 Å². The van der Waals surface area contributed by atoms with Gasteiger partial charge in [-0.2, -0.15) is 9.97 Å². The first-order chi connectivity index (χ1) is 22.3. The lowest BCUT2D eigenvalue weighted by Gasteiger charge is -2.41. The van der Waals surface area contributed by atoms with Crippen LogP contribution in [0.4, 0.5) is 19.4 Å². The number of ether oxygens (including phenoxy) is 2. The van der Waals surface area contributed by atoms with E-state index in [1.54, 1.807) is 6.20 Å². The third kappa shape index (κ3) is 5.54. The Hall–Kier alpha value is -3.60. The summed E-state index contributed by atoms with van der Waals surface area (Å²) in [6.07, 6.45) is 6.30. The van der Waals surface area contributed by atoms with Crippen molar-refractivity contribution in [2.24, 2.45) is 0 Å². The standard InChI is InChI=1S/C35H44F2N6O3/c1-4-5-15-45-34(44)43-24-11-12-25(43)20-41(19-24)32-28-17-38-30(27-10-7-6-9-26(27)22(2)3)29(37)31(28)39-33(40-32)46-21-35-13-8-14-42(35)18-23(36)16-35/h6-7,9-10,17,22-25H,4-5,8,11-16,18-21H2,1-3H3/t23?,24-,25+,35?. The molecular formula is C35H44F2N6O3. The highest BCUT2D eigenvalue weighted by Crippen LogP contribution is 2.42. The highest BCUT2D eigenvalue weighted by Gasteiger charge is 2.49. The molecule has 9 nitrogen and oxygen atoms in total. The van der Waals surface area contributed by atoms with Crippen LogP contribution in [0.15, 0.2) is 30.5 Å². The number of nitrogens with zero attached hydrogens (tertiary/aromatic N) is 6. The second-order valence-corrected chi connectivity index (χ2v) is 13.8. The van der Waals surface area contributed by atoms with Crippen LogP contribution in [-0.2, 0) is 4.74 Å². The summed E-state index contributed by atoms with van der Waals surface area (Å²) in [7, 11) is 0. The van der Waals surface area contributed by atoms with E-state index < -0.39 is 12.0 Å². The van der Waals surface area contributed by atoms with Gasteiger partial charge in [-0.1, -0.05) is 51.5 Å². The Morgan fingerprint density at radius 2 is 1.91 bits per heavy atom. The summed E-state index contributed by atoms with van der Waals surface area (Å²) in [5.41, 5.74) is 1.73. The Bertz CT molecular complexity index is 1590.